The Morgan fingerprint density at radius 2 is 1.53 bits per heavy atom. The highest BCUT2D eigenvalue weighted by Crippen LogP contribution is 2.32. The summed E-state index contributed by atoms with van der Waals surface area (Å²) in [6, 6.07) is 8.35. The number of likely N-dealkylation sites (tertiary alicyclic amines) is 1. The zero-order valence-corrected chi connectivity index (χ0v) is 33.3. The third kappa shape index (κ3) is 13.4. The van der Waals surface area contributed by atoms with E-state index < -0.39 is 35.9 Å². The molecule has 4 aromatic rings. The first kappa shape index (κ1) is 48.6. The molecule has 62 heavy (non-hydrogen) atoms. The van der Waals surface area contributed by atoms with Crippen LogP contribution in [0.5, 0.6) is 5.75 Å². The number of anilines is 2. The standard InChI is InChI=1S/C35H42F2N8O3.2C2HF3O2/c1-3-24-16-25(43-33-34-41-20-28(45(34)15-12-39-33)27-6-7-29(48-2)32(37)31(27)36)4-5-26(24)35(47)42-18-22-9-13-44(14-10-22)21-30(46)40-19-23-8-11-38-17-23;2*3-2(4,5)1(6)7/h4-7,12,15-16,20,22-23,38H,3,8-11,13-14,17-19,21H2,1-2H3,(H,39,43)(H,40,46)(H,42,47);2*(H,6,7). The number of aryl methyl sites for hydroxylation is 1. The zero-order chi connectivity index (χ0) is 45.8. The number of piperidine rings is 1. The lowest BCUT2D eigenvalue weighted by molar-refractivity contribution is -0.193. The van der Waals surface area contributed by atoms with Crippen molar-refractivity contribution >= 4 is 40.9 Å². The van der Waals surface area contributed by atoms with Gasteiger partial charge in [-0.3, -0.25) is 18.9 Å². The molecule has 4 heterocycles. The molecule has 1 atom stereocenters. The zero-order valence-electron chi connectivity index (χ0n) is 33.3. The molecule has 2 fully saturated rings. The summed E-state index contributed by atoms with van der Waals surface area (Å²) >= 11 is 0. The highest BCUT2D eigenvalue weighted by molar-refractivity contribution is 5.96. The van der Waals surface area contributed by atoms with Crippen molar-refractivity contribution in [3.63, 3.8) is 0 Å². The lowest BCUT2D eigenvalue weighted by atomic mass is 9.96. The van der Waals surface area contributed by atoms with E-state index in [9.17, 15) is 44.7 Å². The minimum Gasteiger partial charge on any atom is -0.494 e. The molecule has 2 aliphatic heterocycles. The molecule has 0 bridgehead atoms. The first-order valence-corrected chi connectivity index (χ1v) is 19.1. The van der Waals surface area contributed by atoms with Gasteiger partial charge < -0.3 is 36.2 Å². The van der Waals surface area contributed by atoms with Crippen molar-refractivity contribution in [2.24, 2.45) is 11.8 Å². The molecular weight excluding hydrogens is 844 g/mol. The molecule has 1 unspecified atom stereocenters. The number of ether oxygens (including phenoxy) is 1. The second-order valence-electron chi connectivity index (χ2n) is 14.1. The Balaban J connectivity index is 0.000000521. The number of aromatic nitrogens is 3. The molecule has 2 aromatic carbocycles. The quantitative estimate of drug-likeness (QED) is 0.0990. The Hall–Kier alpha value is -6.10. The third-order valence-electron chi connectivity index (χ3n) is 9.83. The number of halogens is 8. The Labute approximate surface area is 348 Å². The lowest BCUT2D eigenvalue weighted by Crippen LogP contribution is -2.44. The van der Waals surface area contributed by atoms with Crippen molar-refractivity contribution in [1.29, 1.82) is 0 Å². The molecule has 0 aliphatic carbocycles. The van der Waals surface area contributed by atoms with Gasteiger partial charge in [-0.2, -0.15) is 30.7 Å². The number of aliphatic carboxylic acids is 2. The van der Waals surface area contributed by atoms with Crippen LogP contribution in [-0.4, -0.2) is 119 Å². The molecule has 6 N–H and O–H groups in total. The summed E-state index contributed by atoms with van der Waals surface area (Å²) in [5, 5.41) is 27.0. The number of hydrogen-bond acceptors (Lipinski definition) is 10. The second-order valence-corrected chi connectivity index (χ2v) is 14.1. The minimum atomic E-state index is -5.08. The molecule has 15 nitrogen and oxygen atoms in total. The Bertz CT molecular complexity index is 2160. The molecule has 2 amide bonds. The van der Waals surface area contributed by atoms with Gasteiger partial charge in [-0.15, -0.1) is 0 Å². The van der Waals surface area contributed by atoms with E-state index in [1.54, 1.807) is 22.9 Å². The van der Waals surface area contributed by atoms with Crippen molar-refractivity contribution < 1.29 is 69.3 Å². The number of benzene rings is 2. The number of nitrogens with one attached hydrogen (secondary N) is 4. The number of carboxylic acid groups (broad SMARTS) is 2. The number of amides is 2. The van der Waals surface area contributed by atoms with Crippen molar-refractivity contribution in [3.8, 4) is 17.0 Å². The first-order valence-electron chi connectivity index (χ1n) is 19.1. The number of alkyl halides is 6. The number of carboxylic acids is 2. The smallest absolute Gasteiger partial charge is 0.490 e. The van der Waals surface area contributed by atoms with Crippen LogP contribution in [0.15, 0.2) is 48.9 Å². The summed E-state index contributed by atoms with van der Waals surface area (Å²) in [5.74, 6) is -6.51. The molecule has 0 saturated carbocycles. The molecule has 0 spiro atoms. The van der Waals surface area contributed by atoms with E-state index in [-0.39, 0.29) is 23.1 Å². The van der Waals surface area contributed by atoms with Crippen LogP contribution < -0.4 is 26.0 Å². The van der Waals surface area contributed by atoms with Crippen LogP contribution in [-0.2, 0) is 20.8 Å². The predicted molar refractivity (Wildman–Crippen MR) is 207 cm³/mol. The number of carbonyl (C=O) groups is 4. The van der Waals surface area contributed by atoms with Gasteiger partial charge in [-0.25, -0.2) is 23.9 Å². The van der Waals surface area contributed by atoms with Crippen LogP contribution in [0.2, 0.25) is 0 Å². The molecule has 23 heteroatoms. The monoisotopic (exact) mass is 888 g/mol. The predicted octanol–water partition coefficient (Wildman–Crippen LogP) is 5.42. The second kappa shape index (κ2) is 21.6. The van der Waals surface area contributed by atoms with E-state index >= 15 is 0 Å². The van der Waals surface area contributed by atoms with Gasteiger partial charge in [0, 0.05) is 42.3 Å². The number of nitrogens with zero attached hydrogens (tertiary/aromatic N) is 4. The Kier molecular flexibility index (Phi) is 16.9. The van der Waals surface area contributed by atoms with Crippen LogP contribution in [0.25, 0.3) is 16.9 Å². The van der Waals surface area contributed by atoms with Gasteiger partial charge >= 0.3 is 24.3 Å². The normalized spacial score (nSPS) is 15.7. The summed E-state index contributed by atoms with van der Waals surface area (Å²) in [6.45, 7) is 7.42. The van der Waals surface area contributed by atoms with Crippen molar-refractivity contribution in [2.45, 2.75) is 45.0 Å². The van der Waals surface area contributed by atoms with E-state index in [2.05, 4.69) is 36.1 Å². The summed E-state index contributed by atoms with van der Waals surface area (Å²) in [4.78, 5) is 54.5. The topological polar surface area (TPSA) is 200 Å². The van der Waals surface area contributed by atoms with Gasteiger partial charge in [0.2, 0.25) is 11.7 Å². The fraction of sp³-hybridized carbons (Fsp3) is 0.436. The van der Waals surface area contributed by atoms with Gasteiger partial charge in [-0.05, 0) is 99.6 Å². The van der Waals surface area contributed by atoms with Gasteiger partial charge in [0.15, 0.2) is 23.0 Å². The molecule has 6 rings (SSSR count). The maximum atomic E-state index is 14.9. The number of fused-ring (bicyclic) bond motifs is 1. The lowest BCUT2D eigenvalue weighted by Gasteiger charge is -2.31. The SMILES string of the molecule is CCc1cc(Nc2nccn3c(-c4ccc(OC)c(F)c4F)cnc23)ccc1C(=O)NCC1CCN(CC(=O)NCC2CCNC2)CC1.O=C(O)C(F)(F)F.O=C(O)C(F)(F)F. The molecule has 338 valence electrons. The maximum Gasteiger partial charge on any atom is 0.490 e. The summed E-state index contributed by atoms with van der Waals surface area (Å²) in [7, 11) is 1.28. The number of hydrogen-bond donors (Lipinski definition) is 6. The largest absolute Gasteiger partial charge is 0.494 e. The van der Waals surface area contributed by atoms with Crippen LogP contribution in [0.4, 0.5) is 46.6 Å². The average molecular weight is 889 g/mol. The number of methoxy groups -OCH3 is 1. The summed E-state index contributed by atoms with van der Waals surface area (Å²) < 4.78 is 99.3. The van der Waals surface area contributed by atoms with Gasteiger partial charge in [0.25, 0.3) is 5.91 Å². The Morgan fingerprint density at radius 3 is 2.11 bits per heavy atom. The molecule has 2 aromatic heterocycles. The van der Waals surface area contributed by atoms with E-state index in [0.717, 1.165) is 57.5 Å². The van der Waals surface area contributed by atoms with E-state index in [1.807, 2.05) is 19.1 Å². The summed E-state index contributed by atoms with van der Waals surface area (Å²) in [5.41, 5.74) is 3.03. The van der Waals surface area contributed by atoms with E-state index in [0.29, 0.717) is 59.8 Å². The maximum absolute atomic E-state index is 14.9. The first-order chi connectivity index (χ1) is 29.2. The summed E-state index contributed by atoms with van der Waals surface area (Å²) in [6.07, 6.45) is -1.91. The average Bonchev–Trinajstić information content (AvgIpc) is 3.92. The van der Waals surface area contributed by atoms with Crippen molar-refractivity contribution in [2.75, 3.05) is 58.2 Å². The number of imidazole rings is 1. The molecule has 2 aliphatic rings. The molecule has 0 radical (unpaired) electrons. The molecular formula is C39H44F8N8O7. The number of carbonyl (C=O) groups excluding carboxylic acids is 2. The van der Waals surface area contributed by atoms with Gasteiger partial charge in [0.05, 0.1) is 25.5 Å². The minimum absolute atomic E-state index is 0.0439. The third-order valence-corrected chi connectivity index (χ3v) is 9.83. The van der Waals surface area contributed by atoms with Crippen LogP contribution in [0, 0.1) is 23.5 Å². The van der Waals surface area contributed by atoms with Crippen LogP contribution in [0.3, 0.4) is 0 Å². The highest BCUT2D eigenvalue weighted by Gasteiger charge is 2.39. The van der Waals surface area contributed by atoms with Crippen molar-refractivity contribution in [1.82, 2.24) is 35.2 Å². The molecule has 2 saturated heterocycles. The fourth-order valence-electron chi connectivity index (χ4n) is 6.50. The fourth-order valence-corrected chi connectivity index (χ4v) is 6.50. The van der Waals surface area contributed by atoms with Gasteiger partial charge in [-0.1, -0.05) is 6.92 Å². The Morgan fingerprint density at radius 1 is 0.887 bits per heavy atom. The van der Waals surface area contributed by atoms with Crippen LogP contribution >= 0.6 is 0 Å². The van der Waals surface area contributed by atoms with Crippen LogP contribution in [0.1, 0.15) is 42.1 Å². The number of rotatable bonds is 12. The van der Waals surface area contributed by atoms with E-state index in [1.165, 1.54) is 25.4 Å². The van der Waals surface area contributed by atoms with E-state index in [4.69, 9.17) is 24.5 Å². The van der Waals surface area contributed by atoms with Crippen molar-refractivity contribution in [3.05, 3.63) is 71.7 Å². The highest BCUT2D eigenvalue weighted by atomic mass is 19.4. The van der Waals surface area contributed by atoms with Gasteiger partial charge in [0.1, 0.15) is 0 Å².